The zero-order valence-corrected chi connectivity index (χ0v) is 23.4. The van der Waals surface area contributed by atoms with Gasteiger partial charge in [-0.2, -0.15) is 14.6 Å². The maximum absolute atomic E-state index is 12.4. The Morgan fingerprint density at radius 3 is 2.41 bits per heavy atom. The molecule has 0 spiro atoms. The number of hydrogen-bond acceptors (Lipinski definition) is 7. The van der Waals surface area contributed by atoms with Crippen molar-refractivity contribution in [3.8, 4) is 22.4 Å². The van der Waals surface area contributed by atoms with Gasteiger partial charge in [0.1, 0.15) is 11.6 Å². The van der Waals surface area contributed by atoms with Gasteiger partial charge >= 0.3 is 6.09 Å². The number of aryl methyl sites for hydroxylation is 2. The number of rotatable bonds is 8. The third-order valence-electron chi connectivity index (χ3n) is 7.39. The fraction of sp³-hybridized carbons (Fsp3) is 0.258. The number of amides is 1. The predicted molar refractivity (Wildman–Crippen MR) is 157 cm³/mol. The van der Waals surface area contributed by atoms with Crippen molar-refractivity contribution in [1.82, 2.24) is 34.7 Å². The maximum Gasteiger partial charge on any atom is 0.412 e. The molecule has 3 heterocycles. The highest BCUT2D eigenvalue weighted by atomic mass is 16.6. The lowest BCUT2D eigenvalue weighted by Gasteiger charge is -2.42. The molecule has 1 saturated carbocycles. The van der Waals surface area contributed by atoms with Gasteiger partial charge in [0.15, 0.2) is 0 Å². The van der Waals surface area contributed by atoms with Crippen molar-refractivity contribution in [2.75, 3.05) is 5.32 Å². The number of fused-ring (bicyclic) bond motifs is 1. The van der Waals surface area contributed by atoms with E-state index in [1.807, 2.05) is 44.4 Å². The molecular weight excluding hydrogens is 516 g/mol. The summed E-state index contributed by atoms with van der Waals surface area (Å²) >= 11 is 0. The molecule has 0 unspecified atom stereocenters. The monoisotopic (exact) mass is 548 g/mol. The third-order valence-corrected chi connectivity index (χ3v) is 7.39. The number of aromatic nitrogens is 6. The summed E-state index contributed by atoms with van der Waals surface area (Å²) in [5.74, 6) is 2.28. The number of benzene rings is 2. The van der Waals surface area contributed by atoms with Gasteiger partial charge < -0.3 is 15.4 Å². The molecule has 0 atom stereocenters. The molecule has 10 nitrogen and oxygen atoms in total. The van der Waals surface area contributed by atoms with E-state index >= 15 is 0 Å². The topological polar surface area (TPSA) is 111 Å². The van der Waals surface area contributed by atoms with Gasteiger partial charge in [-0.1, -0.05) is 61.2 Å². The molecule has 1 aliphatic carbocycles. The Morgan fingerprint density at radius 2 is 1.78 bits per heavy atom. The molecule has 0 bridgehead atoms. The van der Waals surface area contributed by atoms with Crippen molar-refractivity contribution in [3.05, 3.63) is 96.3 Å². The van der Waals surface area contributed by atoms with Crippen molar-refractivity contribution in [3.63, 3.8) is 0 Å². The predicted octanol–water partition coefficient (Wildman–Crippen LogP) is 5.75. The Morgan fingerprint density at radius 1 is 1.02 bits per heavy atom. The molecule has 41 heavy (non-hydrogen) atoms. The number of carbonyl (C=O) groups excluding carboxylic acids is 1. The van der Waals surface area contributed by atoms with Gasteiger partial charge in [-0.05, 0) is 50.3 Å². The molecule has 2 N–H and O–H groups in total. The van der Waals surface area contributed by atoms with Gasteiger partial charge in [-0.3, -0.25) is 4.68 Å². The van der Waals surface area contributed by atoms with Gasteiger partial charge in [0.25, 0.3) is 5.78 Å². The third kappa shape index (κ3) is 5.16. The minimum absolute atomic E-state index is 0.360. The van der Waals surface area contributed by atoms with Crippen LogP contribution in [0.25, 0.3) is 28.2 Å². The average Bonchev–Trinajstić information content (AvgIpc) is 3.53. The fourth-order valence-corrected chi connectivity index (χ4v) is 5.32. The Bertz CT molecular complexity index is 1730. The lowest BCUT2D eigenvalue weighted by atomic mass is 9.71. The van der Waals surface area contributed by atoms with Crippen molar-refractivity contribution < 1.29 is 9.53 Å². The summed E-state index contributed by atoms with van der Waals surface area (Å²) in [5, 5.41) is 15.8. The zero-order chi connectivity index (χ0) is 28.6. The molecule has 1 amide bonds. The summed E-state index contributed by atoms with van der Waals surface area (Å²) in [7, 11) is 1.90. The van der Waals surface area contributed by atoms with Gasteiger partial charge in [0, 0.05) is 18.8 Å². The molecule has 208 valence electrons. The van der Waals surface area contributed by atoms with Crippen LogP contribution in [0.4, 0.5) is 10.6 Å². The first-order valence-electron chi connectivity index (χ1n) is 13.6. The molecule has 0 saturated heterocycles. The van der Waals surface area contributed by atoms with Crippen LogP contribution >= 0.6 is 0 Å². The number of nitrogens with zero attached hydrogens (tertiary/aromatic N) is 6. The Balaban J connectivity index is 1.44. The normalized spacial score (nSPS) is 13.9. The summed E-state index contributed by atoms with van der Waals surface area (Å²) in [4.78, 5) is 22.0. The van der Waals surface area contributed by atoms with E-state index in [1.165, 1.54) is 0 Å². The van der Waals surface area contributed by atoms with Crippen molar-refractivity contribution >= 4 is 17.7 Å². The summed E-state index contributed by atoms with van der Waals surface area (Å²) < 4.78 is 8.74. The van der Waals surface area contributed by atoms with E-state index in [9.17, 15) is 4.79 Å². The minimum Gasteiger partial charge on any atom is -0.416 e. The van der Waals surface area contributed by atoms with Crippen molar-refractivity contribution in [2.45, 2.75) is 45.2 Å². The lowest BCUT2D eigenvalue weighted by Crippen LogP contribution is -2.50. The van der Waals surface area contributed by atoms with Crippen molar-refractivity contribution in [1.29, 1.82) is 0 Å². The molecule has 1 fully saturated rings. The lowest BCUT2D eigenvalue weighted by molar-refractivity contribution is 0.132. The first-order chi connectivity index (χ1) is 19.8. The number of ether oxygens (including phenoxy) is 1. The van der Waals surface area contributed by atoms with Crippen LogP contribution < -0.4 is 10.6 Å². The fourth-order valence-electron chi connectivity index (χ4n) is 5.32. The van der Waals surface area contributed by atoms with Crippen molar-refractivity contribution in [2.24, 2.45) is 7.05 Å². The minimum atomic E-state index is -0.481. The van der Waals surface area contributed by atoms with Crippen LogP contribution in [0.3, 0.4) is 0 Å². The van der Waals surface area contributed by atoms with E-state index in [2.05, 4.69) is 68.8 Å². The summed E-state index contributed by atoms with van der Waals surface area (Å²) in [6, 6.07) is 20.4. The molecule has 5 aromatic rings. The Hall–Kier alpha value is -4.99. The highest BCUT2D eigenvalue weighted by molar-refractivity contribution is 5.89. The van der Waals surface area contributed by atoms with E-state index in [-0.39, 0.29) is 0 Å². The van der Waals surface area contributed by atoms with E-state index in [0.29, 0.717) is 23.9 Å². The van der Waals surface area contributed by atoms with Crippen LogP contribution in [-0.4, -0.2) is 35.5 Å². The Kier molecular flexibility index (Phi) is 6.74. The molecule has 6 rings (SSSR count). The second kappa shape index (κ2) is 10.5. The molecule has 0 aliphatic heterocycles. The zero-order valence-electron chi connectivity index (χ0n) is 23.4. The number of carbonyl (C=O) groups is 1. The molecular formula is C31H32N8O2. The number of anilines is 1. The van der Waals surface area contributed by atoms with Crippen LogP contribution in [-0.2, 0) is 23.9 Å². The van der Waals surface area contributed by atoms with E-state index in [4.69, 9.17) is 9.72 Å². The van der Waals surface area contributed by atoms with Crippen LogP contribution in [0.5, 0.6) is 0 Å². The first-order valence-corrected chi connectivity index (χ1v) is 13.6. The van der Waals surface area contributed by atoms with E-state index < -0.39 is 11.6 Å². The standard InChI is InChI=1S/C31H32N8O2/c1-20(2)41-30(40)35-31(16-8-17-31)24-13-11-23(12-14-24)27-26(22-9-6-5-7-10-22)28(32-19-25-15-18-38(4)37-25)39-29(34-27)33-21(3)36-39/h5-7,9-15,18,32H,1,8,16-17,19H2,2-4H3,(H,35,40). The van der Waals surface area contributed by atoms with Crippen LogP contribution in [0.15, 0.2) is 79.2 Å². The quantitative estimate of drug-likeness (QED) is 0.238. The van der Waals surface area contributed by atoms with Crippen LogP contribution in [0.1, 0.15) is 43.3 Å². The smallest absolute Gasteiger partial charge is 0.412 e. The SMILES string of the molecule is C=C(C)OC(=O)NC1(c2ccc(-c3nc4nc(C)nn4c(NCc4ccn(C)n4)c3-c3ccccc3)cc2)CCC1. The highest BCUT2D eigenvalue weighted by Gasteiger charge is 2.40. The Labute approximate surface area is 238 Å². The van der Waals surface area contributed by atoms with E-state index in [0.717, 1.165) is 58.7 Å². The molecule has 1 aliphatic rings. The number of alkyl carbamates (subject to hydrolysis) is 1. The van der Waals surface area contributed by atoms with Crippen LogP contribution in [0, 0.1) is 6.92 Å². The van der Waals surface area contributed by atoms with Gasteiger partial charge in [-0.15, -0.1) is 5.10 Å². The molecule has 2 aromatic carbocycles. The number of allylic oxidation sites excluding steroid dienone is 1. The second-order valence-corrected chi connectivity index (χ2v) is 10.5. The van der Waals surface area contributed by atoms with Crippen LogP contribution in [0.2, 0.25) is 0 Å². The number of nitrogens with one attached hydrogen (secondary N) is 2. The average molecular weight is 549 g/mol. The summed E-state index contributed by atoms with van der Waals surface area (Å²) in [6.07, 6.45) is 4.16. The highest BCUT2D eigenvalue weighted by Crippen LogP contribution is 2.43. The second-order valence-electron chi connectivity index (χ2n) is 10.5. The van der Waals surface area contributed by atoms with Gasteiger partial charge in [0.2, 0.25) is 0 Å². The van der Waals surface area contributed by atoms with Gasteiger partial charge in [0.05, 0.1) is 34.8 Å². The van der Waals surface area contributed by atoms with Gasteiger partial charge in [-0.25, -0.2) is 9.78 Å². The molecule has 10 heteroatoms. The summed E-state index contributed by atoms with van der Waals surface area (Å²) in [6.45, 7) is 7.69. The molecule has 3 aromatic heterocycles. The largest absolute Gasteiger partial charge is 0.416 e. The number of hydrogen-bond donors (Lipinski definition) is 2. The van der Waals surface area contributed by atoms with E-state index in [1.54, 1.807) is 16.1 Å². The molecule has 0 radical (unpaired) electrons. The summed E-state index contributed by atoms with van der Waals surface area (Å²) in [5.41, 5.74) is 5.09. The first kappa shape index (κ1) is 26.2. The maximum atomic E-state index is 12.4.